The van der Waals surface area contributed by atoms with Gasteiger partial charge in [-0.1, -0.05) is 50.3 Å². The number of aromatic nitrogens is 3. The number of benzene rings is 2. The van der Waals surface area contributed by atoms with Gasteiger partial charge >= 0.3 is 0 Å². The van der Waals surface area contributed by atoms with Crippen molar-refractivity contribution in [3.8, 4) is 22.5 Å². The van der Waals surface area contributed by atoms with Crippen LogP contribution in [-0.4, -0.2) is 21.7 Å². The van der Waals surface area contributed by atoms with E-state index >= 15 is 4.39 Å². The largest absolute Gasteiger partial charge is 0.312 e. The first-order valence-electron chi connectivity index (χ1n) is 10.4. The van der Waals surface area contributed by atoms with Crippen LogP contribution in [0.3, 0.4) is 0 Å². The molecule has 0 aliphatic heterocycles. The molecule has 1 heterocycles. The van der Waals surface area contributed by atoms with Crippen LogP contribution in [0.15, 0.2) is 42.7 Å². The summed E-state index contributed by atoms with van der Waals surface area (Å²) in [5.41, 5.74) is 1.93. The molecule has 0 bridgehead atoms. The van der Waals surface area contributed by atoms with E-state index in [2.05, 4.69) is 20.5 Å². The third-order valence-electron chi connectivity index (χ3n) is 5.79. The monoisotopic (exact) mass is 396 g/mol. The lowest BCUT2D eigenvalue weighted by atomic mass is 9.87. The third kappa shape index (κ3) is 4.70. The summed E-state index contributed by atoms with van der Waals surface area (Å²) >= 11 is 0. The van der Waals surface area contributed by atoms with E-state index < -0.39 is 11.6 Å². The lowest BCUT2D eigenvalue weighted by Crippen LogP contribution is -2.20. The minimum absolute atomic E-state index is 0.0921. The number of hydrogen-bond donors (Lipinski definition) is 2. The van der Waals surface area contributed by atoms with Crippen molar-refractivity contribution in [2.75, 3.05) is 6.54 Å². The van der Waals surface area contributed by atoms with Crippen LogP contribution in [0.4, 0.5) is 8.78 Å². The van der Waals surface area contributed by atoms with Crippen molar-refractivity contribution in [3.63, 3.8) is 0 Å². The van der Waals surface area contributed by atoms with E-state index in [1.807, 2.05) is 24.3 Å². The summed E-state index contributed by atoms with van der Waals surface area (Å²) in [4.78, 5) is 4.13. The summed E-state index contributed by atoms with van der Waals surface area (Å²) < 4.78 is 29.5. The maximum atomic E-state index is 15.2. The van der Waals surface area contributed by atoms with Crippen LogP contribution in [0.2, 0.25) is 0 Å². The molecule has 0 saturated heterocycles. The quantitative estimate of drug-likeness (QED) is 0.520. The van der Waals surface area contributed by atoms with Crippen LogP contribution in [0, 0.1) is 17.6 Å². The van der Waals surface area contributed by atoms with Crippen LogP contribution in [-0.2, 0) is 6.54 Å². The molecule has 0 amide bonds. The molecule has 1 aliphatic rings. The molecular formula is C23H26F2N4. The smallest absolute Gasteiger partial charge is 0.180 e. The van der Waals surface area contributed by atoms with Gasteiger partial charge in [0, 0.05) is 23.2 Å². The maximum Gasteiger partial charge on any atom is 0.180 e. The van der Waals surface area contributed by atoms with E-state index in [0.717, 1.165) is 24.4 Å². The lowest BCUT2D eigenvalue weighted by Gasteiger charge is -2.21. The van der Waals surface area contributed by atoms with Gasteiger partial charge in [0.25, 0.3) is 0 Å². The molecule has 2 N–H and O–H groups in total. The number of aromatic amines is 1. The summed E-state index contributed by atoms with van der Waals surface area (Å²) in [5, 5.41) is 9.98. The molecule has 1 saturated carbocycles. The highest BCUT2D eigenvalue weighted by Gasteiger charge is 2.17. The van der Waals surface area contributed by atoms with Gasteiger partial charge in [-0.2, -0.15) is 5.10 Å². The van der Waals surface area contributed by atoms with Crippen molar-refractivity contribution >= 4 is 0 Å². The Kier molecular flexibility index (Phi) is 6.30. The second kappa shape index (κ2) is 9.27. The normalized spacial score (nSPS) is 15.0. The first kappa shape index (κ1) is 19.7. The summed E-state index contributed by atoms with van der Waals surface area (Å²) in [7, 11) is 0. The zero-order valence-electron chi connectivity index (χ0n) is 16.4. The van der Waals surface area contributed by atoms with Gasteiger partial charge in [-0.25, -0.2) is 13.8 Å². The Bertz CT molecular complexity index is 934. The Hall–Kier alpha value is -2.60. The summed E-state index contributed by atoms with van der Waals surface area (Å²) in [5.74, 6) is 0.262. The molecule has 4 nitrogen and oxygen atoms in total. The predicted octanol–water partition coefficient (Wildman–Crippen LogP) is 5.48. The second-order valence-electron chi connectivity index (χ2n) is 7.76. The standard InChI is InChI=1S/C23H26F2N4/c24-21-10-9-19(17-7-4-8-18(13-17)23-27-15-28-29-23)22(25)20(21)14-26-12-11-16-5-2-1-3-6-16/h4,7-10,13,15-16,26H,1-3,5-6,11-12,14H2,(H,27,28,29). The molecular weight excluding hydrogens is 370 g/mol. The highest BCUT2D eigenvalue weighted by atomic mass is 19.1. The molecule has 1 aliphatic carbocycles. The lowest BCUT2D eigenvalue weighted by molar-refractivity contribution is 0.333. The number of H-pyrrole nitrogens is 1. The van der Waals surface area contributed by atoms with Gasteiger partial charge in [0.1, 0.15) is 18.0 Å². The zero-order valence-corrected chi connectivity index (χ0v) is 16.4. The molecule has 0 radical (unpaired) electrons. The Labute approximate surface area is 169 Å². The van der Waals surface area contributed by atoms with Gasteiger partial charge in [0.2, 0.25) is 0 Å². The van der Waals surface area contributed by atoms with E-state index in [0.29, 0.717) is 17.0 Å². The van der Waals surface area contributed by atoms with Gasteiger partial charge in [0.05, 0.1) is 0 Å². The number of nitrogens with one attached hydrogen (secondary N) is 2. The number of nitrogens with zero attached hydrogens (tertiary/aromatic N) is 2. The minimum Gasteiger partial charge on any atom is -0.312 e. The van der Waals surface area contributed by atoms with Crippen LogP contribution in [0.25, 0.3) is 22.5 Å². The number of halogens is 2. The molecule has 0 spiro atoms. The van der Waals surface area contributed by atoms with E-state index in [-0.39, 0.29) is 12.1 Å². The Morgan fingerprint density at radius 1 is 1.03 bits per heavy atom. The Morgan fingerprint density at radius 3 is 2.66 bits per heavy atom. The summed E-state index contributed by atoms with van der Waals surface area (Å²) in [6, 6.07) is 10.2. The highest BCUT2D eigenvalue weighted by Crippen LogP contribution is 2.30. The molecule has 1 fully saturated rings. The molecule has 0 unspecified atom stereocenters. The van der Waals surface area contributed by atoms with Crippen molar-refractivity contribution in [2.45, 2.75) is 45.1 Å². The van der Waals surface area contributed by atoms with Gasteiger partial charge in [-0.05, 0) is 42.6 Å². The SMILES string of the molecule is Fc1ccc(-c2cccc(-c3nc[nH]n3)c2)c(F)c1CNCCC1CCCCC1. The molecule has 3 aromatic rings. The van der Waals surface area contributed by atoms with Crippen LogP contribution in [0.1, 0.15) is 44.1 Å². The highest BCUT2D eigenvalue weighted by molar-refractivity contribution is 5.71. The minimum atomic E-state index is -0.512. The molecule has 2 aromatic carbocycles. The second-order valence-corrected chi connectivity index (χ2v) is 7.76. The topological polar surface area (TPSA) is 53.6 Å². The molecule has 6 heteroatoms. The Balaban J connectivity index is 1.47. The van der Waals surface area contributed by atoms with Gasteiger partial charge in [-0.3, -0.25) is 5.10 Å². The predicted molar refractivity (Wildman–Crippen MR) is 110 cm³/mol. The van der Waals surface area contributed by atoms with Crippen molar-refractivity contribution in [2.24, 2.45) is 5.92 Å². The summed E-state index contributed by atoms with van der Waals surface area (Å²) in [6.45, 7) is 0.979. The molecule has 152 valence electrons. The summed E-state index contributed by atoms with van der Waals surface area (Å²) in [6.07, 6.45) is 9.08. The molecule has 0 atom stereocenters. The average Bonchev–Trinajstić information content (AvgIpc) is 3.29. The fraction of sp³-hybridized carbons (Fsp3) is 0.391. The third-order valence-corrected chi connectivity index (χ3v) is 5.79. The molecule has 4 rings (SSSR count). The van der Waals surface area contributed by atoms with Crippen LogP contribution >= 0.6 is 0 Å². The van der Waals surface area contributed by atoms with Crippen molar-refractivity contribution < 1.29 is 8.78 Å². The van der Waals surface area contributed by atoms with Gasteiger partial charge in [0.15, 0.2) is 5.82 Å². The van der Waals surface area contributed by atoms with Gasteiger partial charge < -0.3 is 5.32 Å². The maximum absolute atomic E-state index is 15.2. The first-order valence-corrected chi connectivity index (χ1v) is 10.4. The van der Waals surface area contributed by atoms with Gasteiger partial charge in [-0.15, -0.1) is 0 Å². The van der Waals surface area contributed by atoms with Crippen LogP contribution < -0.4 is 5.32 Å². The number of hydrogen-bond acceptors (Lipinski definition) is 3. The first-order chi connectivity index (χ1) is 14.2. The fourth-order valence-corrected chi connectivity index (χ4v) is 4.15. The number of rotatable bonds is 7. The van der Waals surface area contributed by atoms with E-state index in [9.17, 15) is 4.39 Å². The van der Waals surface area contributed by atoms with Crippen molar-refractivity contribution in [3.05, 3.63) is 59.9 Å². The fourth-order valence-electron chi connectivity index (χ4n) is 4.15. The zero-order chi connectivity index (χ0) is 20.1. The van der Waals surface area contributed by atoms with E-state index in [1.54, 1.807) is 0 Å². The van der Waals surface area contributed by atoms with Crippen LogP contribution in [0.5, 0.6) is 0 Å². The molecule has 1 aromatic heterocycles. The molecule has 29 heavy (non-hydrogen) atoms. The Morgan fingerprint density at radius 2 is 1.86 bits per heavy atom. The van der Waals surface area contributed by atoms with E-state index in [4.69, 9.17) is 0 Å². The van der Waals surface area contributed by atoms with Crippen molar-refractivity contribution in [1.82, 2.24) is 20.5 Å². The van der Waals surface area contributed by atoms with Crippen molar-refractivity contribution in [1.29, 1.82) is 0 Å². The average molecular weight is 396 g/mol. The van der Waals surface area contributed by atoms with E-state index in [1.165, 1.54) is 50.6 Å².